The molecule has 5 nitrogen and oxygen atoms in total. The number of guanidine groups is 1. The molecule has 142 valence electrons. The smallest absolute Gasteiger partial charge is 0.191 e. The maximum absolute atomic E-state index is 6.09. The predicted molar refractivity (Wildman–Crippen MR) is 104 cm³/mol. The highest BCUT2D eigenvalue weighted by atomic mass is 16.5. The molecule has 1 spiro atoms. The van der Waals surface area contributed by atoms with Gasteiger partial charge in [-0.1, -0.05) is 31.0 Å². The number of methoxy groups -OCH3 is 1. The lowest BCUT2D eigenvalue weighted by Gasteiger charge is -2.57. The number of ether oxygens (including phenoxy) is 2. The fourth-order valence-corrected chi connectivity index (χ4v) is 5.47. The van der Waals surface area contributed by atoms with Crippen molar-refractivity contribution in [3.63, 3.8) is 0 Å². The van der Waals surface area contributed by atoms with E-state index in [1.54, 1.807) is 7.11 Å². The topological polar surface area (TPSA) is 54.9 Å². The number of hydrogen-bond acceptors (Lipinski definition) is 3. The molecule has 1 aromatic carbocycles. The summed E-state index contributed by atoms with van der Waals surface area (Å²) < 4.78 is 11.5. The maximum Gasteiger partial charge on any atom is 0.191 e. The van der Waals surface area contributed by atoms with Crippen LogP contribution in [-0.2, 0) is 11.2 Å². The first-order valence-corrected chi connectivity index (χ1v) is 9.99. The third-order valence-corrected chi connectivity index (χ3v) is 6.68. The van der Waals surface area contributed by atoms with Gasteiger partial charge >= 0.3 is 0 Å². The first kappa shape index (κ1) is 17.7. The Kier molecular flexibility index (Phi) is 5.07. The number of para-hydroxylation sites is 1. The predicted octanol–water partition coefficient (Wildman–Crippen LogP) is 2.75. The first-order valence-electron chi connectivity index (χ1n) is 9.99. The lowest BCUT2D eigenvalue weighted by atomic mass is 9.54. The Bertz CT molecular complexity index is 654. The minimum Gasteiger partial charge on any atom is -0.496 e. The van der Waals surface area contributed by atoms with Gasteiger partial charge in [0.15, 0.2) is 5.96 Å². The minimum absolute atomic E-state index is 0.349. The summed E-state index contributed by atoms with van der Waals surface area (Å²) in [5.74, 6) is 2.52. The van der Waals surface area contributed by atoms with Gasteiger partial charge in [-0.25, -0.2) is 0 Å². The zero-order chi connectivity index (χ0) is 18.0. The van der Waals surface area contributed by atoms with Crippen LogP contribution >= 0.6 is 0 Å². The van der Waals surface area contributed by atoms with Gasteiger partial charge < -0.3 is 20.1 Å². The molecule has 2 N–H and O–H groups in total. The summed E-state index contributed by atoms with van der Waals surface area (Å²) in [6.45, 7) is 1.76. The van der Waals surface area contributed by atoms with E-state index in [4.69, 9.17) is 9.47 Å². The molecule has 3 aliphatic rings. The molecular weight excluding hydrogens is 326 g/mol. The van der Waals surface area contributed by atoms with E-state index in [2.05, 4.69) is 27.8 Å². The Hall–Kier alpha value is -1.75. The van der Waals surface area contributed by atoms with Crippen LogP contribution in [0.3, 0.4) is 0 Å². The van der Waals surface area contributed by atoms with E-state index in [0.29, 0.717) is 23.5 Å². The summed E-state index contributed by atoms with van der Waals surface area (Å²) in [6, 6.07) is 8.71. The van der Waals surface area contributed by atoms with Gasteiger partial charge in [-0.2, -0.15) is 0 Å². The van der Waals surface area contributed by atoms with Gasteiger partial charge in [-0.3, -0.25) is 4.99 Å². The van der Waals surface area contributed by atoms with Crippen LogP contribution in [0.5, 0.6) is 5.75 Å². The van der Waals surface area contributed by atoms with E-state index in [1.807, 2.05) is 19.2 Å². The number of benzene rings is 1. The van der Waals surface area contributed by atoms with E-state index < -0.39 is 0 Å². The number of aliphatic imine (C=N–C) groups is 1. The van der Waals surface area contributed by atoms with Crippen LogP contribution in [0.25, 0.3) is 0 Å². The van der Waals surface area contributed by atoms with Crippen LogP contribution in [0.15, 0.2) is 29.3 Å². The van der Waals surface area contributed by atoms with Crippen molar-refractivity contribution in [3.8, 4) is 5.75 Å². The molecule has 0 bridgehead atoms. The Morgan fingerprint density at radius 1 is 1.31 bits per heavy atom. The summed E-state index contributed by atoms with van der Waals surface area (Å²) in [6.07, 6.45) is 7.84. The molecule has 0 amide bonds. The fourth-order valence-electron chi connectivity index (χ4n) is 5.47. The van der Waals surface area contributed by atoms with Gasteiger partial charge in [0.2, 0.25) is 0 Å². The maximum atomic E-state index is 6.09. The number of nitrogens with one attached hydrogen (secondary N) is 2. The van der Waals surface area contributed by atoms with Crippen LogP contribution in [0.4, 0.5) is 0 Å². The number of rotatable bonds is 5. The zero-order valence-corrected chi connectivity index (χ0v) is 16.0. The number of fused-ring (bicyclic) bond motifs is 2. The molecule has 26 heavy (non-hydrogen) atoms. The van der Waals surface area contributed by atoms with Crippen LogP contribution in [-0.4, -0.2) is 45.4 Å². The quantitative estimate of drug-likeness (QED) is 0.628. The monoisotopic (exact) mass is 357 g/mol. The van der Waals surface area contributed by atoms with Crippen molar-refractivity contribution < 1.29 is 9.47 Å². The summed E-state index contributed by atoms with van der Waals surface area (Å²) >= 11 is 0. The van der Waals surface area contributed by atoms with E-state index in [-0.39, 0.29) is 0 Å². The van der Waals surface area contributed by atoms with E-state index in [0.717, 1.165) is 31.3 Å². The van der Waals surface area contributed by atoms with E-state index in [1.165, 1.54) is 37.7 Å². The van der Waals surface area contributed by atoms with Gasteiger partial charge in [0.05, 0.1) is 13.2 Å². The zero-order valence-electron chi connectivity index (χ0n) is 16.0. The SMILES string of the molecule is CN=C(NCCc1ccccc1OC)NC1C2CCOC2C12CCCC2. The minimum atomic E-state index is 0.349. The van der Waals surface area contributed by atoms with Crippen molar-refractivity contribution >= 4 is 5.96 Å². The van der Waals surface area contributed by atoms with Crippen molar-refractivity contribution in [1.82, 2.24) is 10.6 Å². The van der Waals surface area contributed by atoms with E-state index in [9.17, 15) is 0 Å². The van der Waals surface area contributed by atoms with Gasteiger partial charge in [0.25, 0.3) is 0 Å². The molecule has 1 aliphatic heterocycles. The standard InChI is InChI=1S/C21H31N3O2/c1-22-20(23-13-9-15-7-3-4-8-17(15)25-2)24-18-16-10-14-26-19(16)21(18)11-5-6-12-21/h3-4,7-8,16,18-19H,5-6,9-14H2,1-2H3,(H2,22,23,24). The molecule has 0 aromatic heterocycles. The third kappa shape index (κ3) is 2.96. The molecule has 1 aromatic rings. The van der Waals surface area contributed by atoms with Crippen LogP contribution in [0.1, 0.15) is 37.7 Å². The molecule has 2 aliphatic carbocycles. The number of hydrogen-bond donors (Lipinski definition) is 2. The summed E-state index contributed by atoms with van der Waals surface area (Å²) in [7, 11) is 3.59. The highest BCUT2D eigenvalue weighted by molar-refractivity contribution is 5.80. The summed E-state index contributed by atoms with van der Waals surface area (Å²) in [4.78, 5) is 4.47. The van der Waals surface area contributed by atoms with Gasteiger partial charge in [-0.15, -0.1) is 0 Å². The highest BCUT2D eigenvalue weighted by Crippen LogP contribution is 2.60. The molecule has 3 unspecified atom stereocenters. The Labute approximate surface area is 156 Å². The lowest BCUT2D eigenvalue weighted by molar-refractivity contribution is -0.125. The first-order chi connectivity index (χ1) is 12.8. The second kappa shape index (κ2) is 7.47. The van der Waals surface area contributed by atoms with Gasteiger partial charge in [0, 0.05) is 37.6 Å². The van der Waals surface area contributed by atoms with Crippen molar-refractivity contribution in [2.24, 2.45) is 16.3 Å². The molecule has 3 atom stereocenters. The van der Waals surface area contributed by atoms with E-state index >= 15 is 0 Å². The van der Waals surface area contributed by atoms with Gasteiger partial charge in [-0.05, 0) is 37.3 Å². The number of nitrogens with zero attached hydrogens (tertiary/aromatic N) is 1. The molecule has 1 heterocycles. The molecule has 1 saturated heterocycles. The normalized spacial score (nSPS) is 29.3. The average Bonchev–Trinajstić information content (AvgIpc) is 3.33. The Balaban J connectivity index is 1.35. The van der Waals surface area contributed by atoms with Crippen LogP contribution in [0.2, 0.25) is 0 Å². The summed E-state index contributed by atoms with van der Waals surface area (Å²) in [5, 5.41) is 7.25. The second-order valence-electron chi connectivity index (χ2n) is 7.87. The van der Waals surface area contributed by atoms with Crippen LogP contribution in [0, 0.1) is 11.3 Å². The lowest BCUT2D eigenvalue weighted by Crippen LogP contribution is -2.69. The Morgan fingerprint density at radius 2 is 2.12 bits per heavy atom. The highest BCUT2D eigenvalue weighted by Gasteiger charge is 2.65. The fraction of sp³-hybridized carbons (Fsp3) is 0.667. The van der Waals surface area contributed by atoms with Gasteiger partial charge in [0.1, 0.15) is 5.75 Å². The van der Waals surface area contributed by atoms with Crippen molar-refractivity contribution in [3.05, 3.63) is 29.8 Å². The summed E-state index contributed by atoms with van der Waals surface area (Å²) in [5.41, 5.74) is 1.57. The molecule has 4 rings (SSSR count). The van der Waals surface area contributed by atoms with Crippen LogP contribution < -0.4 is 15.4 Å². The van der Waals surface area contributed by atoms with Crippen molar-refractivity contribution in [2.75, 3.05) is 27.3 Å². The third-order valence-electron chi connectivity index (χ3n) is 6.68. The molecule has 2 saturated carbocycles. The second-order valence-corrected chi connectivity index (χ2v) is 7.87. The van der Waals surface area contributed by atoms with Crippen molar-refractivity contribution in [1.29, 1.82) is 0 Å². The van der Waals surface area contributed by atoms with Crippen molar-refractivity contribution in [2.45, 2.75) is 50.7 Å². The molecular formula is C21H31N3O2. The molecule has 3 fully saturated rings. The Morgan fingerprint density at radius 3 is 2.88 bits per heavy atom. The molecule has 0 radical (unpaired) electrons. The molecule has 5 heteroatoms. The average molecular weight is 357 g/mol. The largest absolute Gasteiger partial charge is 0.496 e.